The molecule has 0 amide bonds. The molecule has 3 nitrogen and oxygen atoms in total. The second kappa shape index (κ2) is 6.20. The Balaban J connectivity index is 2.20. The number of halogens is 2. The van der Waals surface area contributed by atoms with Crippen molar-refractivity contribution >= 4 is 23.4 Å². The highest BCUT2D eigenvalue weighted by Gasteiger charge is 2.11. The Morgan fingerprint density at radius 3 is 2.94 bits per heavy atom. The van der Waals surface area contributed by atoms with Gasteiger partial charge in [0, 0.05) is 24.2 Å². The largest absolute Gasteiger partial charge is 0.305 e. The third-order valence-electron chi connectivity index (χ3n) is 2.43. The average molecular weight is 286 g/mol. The van der Waals surface area contributed by atoms with Gasteiger partial charge < -0.3 is 4.57 Å². The van der Waals surface area contributed by atoms with E-state index < -0.39 is 0 Å². The number of rotatable bonds is 5. The van der Waals surface area contributed by atoms with Crippen LogP contribution in [-0.4, -0.2) is 26.4 Å². The van der Waals surface area contributed by atoms with Crippen molar-refractivity contribution in [3.05, 3.63) is 30.1 Å². The van der Waals surface area contributed by atoms with E-state index in [1.165, 1.54) is 12.1 Å². The lowest BCUT2D eigenvalue weighted by atomic mass is 10.2. The van der Waals surface area contributed by atoms with Crippen molar-refractivity contribution in [2.75, 3.05) is 11.6 Å². The topological polar surface area (TPSA) is 30.7 Å². The maximum Gasteiger partial charge on any atom is 0.191 e. The molecule has 1 aromatic carbocycles. The molecule has 6 heteroatoms. The second-order valence-corrected chi connectivity index (χ2v) is 5.21. The molecule has 0 aliphatic carbocycles. The molecule has 0 aliphatic rings. The van der Waals surface area contributed by atoms with Gasteiger partial charge in [-0.25, -0.2) is 4.39 Å². The van der Waals surface area contributed by atoms with Gasteiger partial charge in [0.05, 0.1) is 0 Å². The summed E-state index contributed by atoms with van der Waals surface area (Å²) in [6, 6.07) is 6.35. The molecular formula is C12H13ClFN3S. The summed E-state index contributed by atoms with van der Waals surface area (Å²) in [6.07, 6.45) is 0.925. The molecule has 0 radical (unpaired) electrons. The first-order valence-corrected chi connectivity index (χ1v) is 7.08. The van der Waals surface area contributed by atoms with Crippen LogP contribution in [0.5, 0.6) is 0 Å². The van der Waals surface area contributed by atoms with Gasteiger partial charge in [-0.15, -0.1) is 21.8 Å². The van der Waals surface area contributed by atoms with Crippen molar-refractivity contribution in [2.24, 2.45) is 7.05 Å². The number of thioether (sulfide) groups is 1. The van der Waals surface area contributed by atoms with Gasteiger partial charge >= 0.3 is 0 Å². The van der Waals surface area contributed by atoms with Gasteiger partial charge in [-0.05, 0) is 18.6 Å². The van der Waals surface area contributed by atoms with E-state index in [0.29, 0.717) is 11.7 Å². The van der Waals surface area contributed by atoms with Crippen LogP contribution in [0, 0.1) is 5.82 Å². The van der Waals surface area contributed by atoms with Gasteiger partial charge in [0.25, 0.3) is 0 Å². The van der Waals surface area contributed by atoms with E-state index in [2.05, 4.69) is 10.2 Å². The van der Waals surface area contributed by atoms with Crippen LogP contribution in [0.4, 0.5) is 4.39 Å². The zero-order chi connectivity index (χ0) is 13.0. The van der Waals surface area contributed by atoms with E-state index in [4.69, 9.17) is 11.6 Å². The van der Waals surface area contributed by atoms with E-state index in [1.54, 1.807) is 17.8 Å². The lowest BCUT2D eigenvalue weighted by Crippen LogP contribution is -1.95. The smallest absolute Gasteiger partial charge is 0.191 e. The normalized spacial score (nSPS) is 10.8. The van der Waals surface area contributed by atoms with Crippen molar-refractivity contribution in [1.29, 1.82) is 0 Å². The summed E-state index contributed by atoms with van der Waals surface area (Å²) in [5, 5.41) is 9.02. The maximum absolute atomic E-state index is 13.2. The average Bonchev–Trinajstić information content (AvgIpc) is 2.72. The lowest BCUT2D eigenvalue weighted by Gasteiger charge is -2.03. The highest BCUT2D eigenvalue weighted by Crippen LogP contribution is 2.23. The second-order valence-electron chi connectivity index (χ2n) is 3.77. The molecule has 0 unspecified atom stereocenters. The molecule has 0 N–H and O–H groups in total. The van der Waals surface area contributed by atoms with Crippen LogP contribution < -0.4 is 0 Å². The van der Waals surface area contributed by atoms with Crippen molar-refractivity contribution < 1.29 is 4.39 Å². The predicted molar refractivity (Wildman–Crippen MR) is 72.5 cm³/mol. The molecular weight excluding hydrogens is 273 g/mol. The molecule has 18 heavy (non-hydrogen) atoms. The van der Waals surface area contributed by atoms with E-state index in [9.17, 15) is 4.39 Å². The molecule has 96 valence electrons. The summed E-state index contributed by atoms with van der Waals surface area (Å²) in [5.41, 5.74) is 0.731. The van der Waals surface area contributed by atoms with Gasteiger partial charge in [-0.2, -0.15) is 0 Å². The van der Waals surface area contributed by atoms with E-state index in [0.717, 1.165) is 22.9 Å². The van der Waals surface area contributed by atoms with Crippen LogP contribution >= 0.6 is 23.4 Å². The predicted octanol–water partition coefficient (Wildman–Crippen LogP) is 3.34. The maximum atomic E-state index is 13.2. The summed E-state index contributed by atoms with van der Waals surface area (Å²) < 4.78 is 15.0. The standard InChI is InChI=1S/C12H13ClFN3S/c1-17-11(9-4-2-5-10(14)8-9)15-16-12(17)18-7-3-6-13/h2,4-5,8H,3,6-7H2,1H3. The number of nitrogens with zero attached hydrogens (tertiary/aromatic N) is 3. The van der Waals surface area contributed by atoms with E-state index in [1.807, 2.05) is 17.7 Å². The molecule has 0 aliphatic heterocycles. The Morgan fingerprint density at radius 2 is 2.22 bits per heavy atom. The third kappa shape index (κ3) is 3.03. The quantitative estimate of drug-likeness (QED) is 0.479. The molecule has 1 aromatic heterocycles. The Bertz CT molecular complexity index is 530. The summed E-state index contributed by atoms with van der Waals surface area (Å²) in [5.74, 6) is 1.94. The van der Waals surface area contributed by atoms with Crippen LogP contribution in [0.15, 0.2) is 29.4 Å². The molecule has 0 atom stereocenters. The molecule has 0 bridgehead atoms. The van der Waals surface area contributed by atoms with Crippen molar-refractivity contribution in [3.63, 3.8) is 0 Å². The zero-order valence-electron chi connectivity index (χ0n) is 9.94. The number of benzene rings is 1. The van der Waals surface area contributed by atoms with Crippen LogP contribution in [0.25, 0.3) is 11.4 Å². The molecule has 0 spiro atoms. The summed E-state index contributed by atoms with van der Waals surface area (Å²) >= 11 is 7.23. The van der Waals surface area contributed by atoms with Crippen LogP contribution in [-0.2, 0) is 7.05 Å². The van der Waals surface area contributed by atoms with Crippen LogP contribution in [0.2, 0.25) is 0 Å². The number of hydrogen-bond donors (Lipinski definition) is 0. The highest BCUT2D eigenvalue weighted by molar-refractivity contribution is 7.99. The summed E-state index contributed by atoms with van der Waals surface area (Å²) in [4.78, 5) is 0. The van der Waals surface area contributed by atoms with E-state index >= 15 is 0 Å². The Kier molecular flexibility index (Phi) is 4.60. The fraction of sp³-hybridized carbons (Fsp3) is 0.333. The molecule has 0 saturated carbocycles. The van der Waals surface area contributed by atoms with Crippen molar-refractivity contribution in [1.82, 2.24) is 14.8 Å². The number of aromatic nitrogens is 3. The molecule has 2 aromatic rings. The van der Waals surface area contributed by atoms with Gasteiger partial charge in [0.15, 0.2) is 11.0 Å². The highest BCUT2D eigenvalue weighted by atomic mass is 35.5. The third-order valence-corrected chi connectivity index (χ3v) is 3.80. The molecule has 0 saturated heterocycles. The zero-order valence-corrected chi connectivity index (χ0v) is 11.5. The van der Waals surface area contributed by atoms with E-state index in [-0.39, 0.29) is 5.82 Å². The first-order valence-electron chi connectivity index (χ1n) is 5.56. The first-order chi connectivity index (χ1) is 8.72. The number of hydrogen-bond acceptors (Lipinski definition) is 3. The fourth-order valence-corrected chi connectivity index (χ4v) is 2.68. The minimum atomic E-state index is -0.271. The lowest BCUT2D eigenvalue weighted by molar-refractivity contribution is 0.628. The molecule has 2 rings (SSSR count). The number of alkyl halides is 1. The van der Waals surface area contributed by atoms with Gasteiger partial charge in [-0.3, -0.25) is 0 Å². The summed E-state index contributed by atoms with van der Waals surface area (Å²) in [7, 11) is 1.88. The van der Waals surface area contributed by atoms with Crippen molar-refractivity contribution in [2.45, 2.75) is 11.6 Å². The summed E-state index contributed by atoms with van der Waals surface area (Å²) in [6.45, 7) is 0. The van der Waals surface area contributed by atoms with Gasteiger partial charge in [0.2, 0.25) is 0 Å². The van der Waals surface area contributed by atoms with Crippen LogP contribution in [0.1, 0.15) is 6.42 Å². The Morgan fingerprint density at radius 1 is 1.39 bits per heavy atom. The minimum Gasteiger partial charge on any atom is -0.305 e. The fourth-order valence-electron chi connectivity index (χ4n) is 1.54. The first kappa shape index (κ1) is 13.4. The van der Waals surface area contributed by atoms with Crippen LogP contribution in [0.3, 0.4) is 0 Å². The SMILES string of the molecule is Cn1c(SCCCCl)nnc1-c1cccc(F)c1. The van der Waals surface area contributed by atoms with Crippen molar-refractivity contribution in [3.8, 4) is 11.4 Å². The Hall–Kier alpha value is -1.07. The Labute approximate surface area is 114 Å². The van der Waals surface area contributed by atoms with Gasteiger partial charge in [0.1, 0.15) is 5.82 Å². The minimum absolute atomic E-state index is 0.271. The molecule has 0 fully saturated rings. The molecule has 1 heterocycles. The van der Waals surface area contributed by atoms with Gasteiger partial charge in [-0.1, -0.05) is 23.9 Å². The monoisotopic (exact) mass is 285 g/mol.